The molecule has 1 atom stereocenters. The summed E-state index contributed by atoms with van der Waals surface area (Å²) in [6.07, 6.45) is 3.36. The molecule has 1 aliphatic heterocycles. The van der Waals surface area contributed by atoms with Gasteiger partial charge in [0.05, 0.1) is 10.7 Å². The number of nitrogens with one attached hydrogen (secondary N) is 1. The monoisotopic (exact) mass is 300 g/mol. The molecule has 3 rings (SSSR count). The molecule has 0 spiro atoms. The molecule has 0 aromatic heterocycles. The third-order valence-corrected chi connectivity index (χ3v) is 4.72. The summed E-state index contributed by atoms with van der Waals surface area (Å²) in [7, 11) is 0. The third kappa shape index (κ3) is 2.63. The van der Waals surface area contributed by atoms with Crippen molar-refractivity contribution in [3.05, 3.63) is 28.8 Å². The number of rotatable bonds is 2. The predicted octanol–water partition coefficient (Wildman–Crippen LogP) is 3.59. The Morgan fingerprint density at radius 1 is 1.35 bits per heavy atom. The van der Waals surface area contributed by atoms with E-state index in [1.54, 1.807) is 0 Å². The molecule has 1 aromatic carbocycles. The molecule has 1 saturated heterocycles. The third-order valence-electron chi connectivity index (χ3n) is 4.43. The summed E-state index contributed by atoms with van der Waals surface area (Å²) < 4.78 is 27.3. The van der Waals surface area contributed by atoms with Crippen LogP contribution in [0, 0.1) is 17.6 Å². The van der Waals surface area contributed by atoms with E-state index < -0.39 is 11.6 Å². The number of hydrogen-bond acceptors (Lipinski definition) is 2. The topological polar surface area (TPSA) is 15.3 Å². The Balaban J connectivity index is 1.92. The summed E-state index contributed by atoms with van der Waals surface area (Å²) in [6, 6.07) is 2.10. The highest BCUT2D eigenvalue weighted by Gasteiger charge is 2.43. The molecule has 1 aromatic rings. The first-order valence-electron chi connectivity index (χ1n) is 7.14. The summed E-state index contributed by atoms with van der Waals surface area (Å²) in [5.41, 5.74) is 0.323. The van der Waals surface area contributed by atoms with Gasteiger partial charge in [-0.1, -0.05) is 11.6 Å². The lowest BCUT2D eigenvalue weighted by atomic mass is 9.95. The minimum Gasteiger partial charge on any atom is -0.366 e. The van der Waals surface area contributed by atoms with E-state index in [2.05, 4.69) is 12.2 Å². The fraction of sp³-hybridized carbons (Fsp3) is 0.600. The van der Waals surface area contributed by atoms with E-state index in [1.807, 2.05) is 4.90 Å². The van der Waals surface area contributed by atoms with Crippen LogP contribution in [0.1, 0.15) is 26.2 Å². The number of halogens is 3. The van der Waals surface area contributed by atoms with Gasteiger partial charge in [0.2, 0.25) is 0 Å². The van der Waals surface area contributed by atoms with Gasteiger partial charge in [-0.15, -0.1) is 0 Å². The van der Waals surface area contributed by atoms with Gasteiger partial charge >= 0.3 is 0 Å². The minimum atomic E-state index is -0.630. The van der Waals surface area contributed by atoms with E-state index in [4.69, 9.17) is 11.6 Å². The van der Waals surface area contributed by atoms with Gasteiger partial charge in [0.1, 0.15) is 5.82 Å². The summed E-state index contributed by atoms with van der Waals surface area (Å²) in [4.78, 5) is 1.97. The first-order chi connectivity index (χ1) is 9.49. The second-order valence-corrected chi connectivity index (χ2v) is 6.52. The van der Waals surface area contributed by atoms with Crippen molar-refractivity contribution in [2.24, 2.45) is 5.92 Å². The molecule has 1 heterocycles. The van der Waals surface area contributed by atoms with Crippen molar-refractivity contribution < 1.29 is 8.78 Å². The lowest BCUT2D eigenvalue weighted by molar-refractivity contribution is 0.331. The maximum atomic E-state index is 14.1. The van der Waals surface area contributed by atoms with E-state index in [0.717, 1.165) is 25.6 Å². The van der Waals surface area contributed by atoms with Gasteiger partial charge in [0.25, 0.3) is 0 Å². The average molecular weight is 301 g/mol. The molecule has 0 radical (unpaired) electrons. The molecule has 0 amide bonds. The van der Waals surface area contributed by atoms with Gasteiger partial charge < -0.3 is 10.2 Å². The Kier molecular flexibility index (Phi) is 3.63. The summed E-state index contributed by atoms with van der Waals surface area (Å²) in [5, 5.41) is 3.74. The van der Waals surface area contributed by atoms with Crippen molar-refractivity contribution in [1.29, 1.82) is 0 Å². The maximum Gasteiger partial charge on any atom is 0.150 e. The Morgan fingerprint density at radius 2 is 2.10 bits per heavy atom. The summed E-state index contributed by atoms with van der Waals surface area (Å²) in [6.45, 7) is 4.56. The van der Waals surface area contributed by atoms with Crippen LogP contribution in [0.5, 0.6) is 0 Å². The zero-order valence-electron chi connectivity index (χ0n) is 11.6. The van der Waals surface area contributed by atoms with Crippen molar-refractivity contribution in [3.63, 3.8) is 0 Å². The van der Waals surface area contributed by atoms with Crippen LogP contribution in [0.15, 0.2) is 12.1 Å². The number of hydrogen-bond donors (Lipinski definition) is 1. The molecule has 1 N–H and O–H groups in total. The molecular weight excluding hydrogens is 282 g/mol. The van der Waals surface area contributed by atoms with E-state index in [9.17, 15) is 8.78 Å². The highest BCUT2D eigenvalue weighted by atomic mass is 35.5. The lowest BCUT2D eigenvalue weighted by Crippen LogP contribution is -2.51. The molecule has 1 unspecified atom stereocenters. The van der Waals surface area contributed by atoms with Crippen molar-refractivity contribution in [2.75, 3.05) is 24.5 Å². The zero-order valence-corrected chi connectivity index (χ0v) is 12.3. The second-order valence-electron chi connectivity index (χ2n) is 6.11. The SMILES string of the molecule is CC1(C2CC2)CN(c2c(F)cc(F)cc2Cl)CCCN1. The Morgan fingerprint density at radius 3 is 2.75 bits per heavy atom. The number of nitrogens with zero attached hydrogens (tertiary/aromatic N) is 1. The van der Waals surface area contributed by atoms with Gasteiger partial charge in [-0.05, 0) is 44.7 Å². The molecule has 1 aliphatic carbocycles. The summed E-state index contributed by atoms with van der Waals surface area (Å²) in [5.74, 6) is -0.561. The number of benzene rings is 1. The van der Waals surface area contributed by atoms with E-state index in [1.165, 1.54) is 18.9 Å². The fourth-order valence-electron chi connectivity index (χ4n) is 3.20. The van der Waals surface area contributed by atoms with E-state index >= 15 is 0 Å². The van der Waals surface area contributed by atoms with Crippen molar-refractivity contribution in [1.82, 2.24) is 5.32 Å². The van der Waals surface area contributed by atoms with E-state index in [-0.39, 0.29) is 10.6 Å². The number of anilines is 1. The van der Waals surface area contributed by atoms with Crippen LogP contribution in [0.2, 0.25) is 5.02 Å². The lowest BCUT2D eigenvalue weighted by Gasteiger charge is -2.35. The van der Waals surface area contributed by atoms with Crippen LogP contribution in [-0.2, 0) is 0 Å². The Bertz CT molecular complexity index is 496. The molecule has 2 nitrogen and oxygen atoms in total. The maximum absolute atomic E-state index is 14.1. The smallest absolute Gasteiger partial charge is 0.150 e. The van der Waals surface area contributed by atoms with Gasteiger partial charge in [-0.2, -0.15) is 0 Å². The second kappa shape index (κ2) is 5.15. The predicted molar refractivity (Wildman–Crippen MR) is 77.3 cm³/mol. The quantitative estimate of drug-likeness (QED) is 0.898. The first-order valence-corrected chi connectivity index (χ1v) is 7.52. The fourth-order valence-corrected chi connectivity index (χ4v) is 3.51. The summed E-state index contributed by atoms with van der Waals surface area (Å²) >= 11 is 6.07. The van der Waals surface area contributed by atoms with Crippen LogP contribution < -0.4 is 10.2 Å². The first kappa shape index (κ1) is 14.1. The van der Waals surface area contributed by atoms with Gasteiger partial charge in [-0.25, -0.2) is 8.78 Å². The molecule has 2 fully saturated rings. The van der Waals surface area contributed by atoms with Crippen molar-refractivity contribution in [2.45, 2.75) is 31.7 Å². The zero-order chi connectivity index (χ0) is 14.3. The van der Waals surface area contributed by atoms with Crippen LogP contribution in [0.4, 0.5) is 14.5 Å². The van der Waals surface area contributed by atoms with Crippen molar-refractivity contribution >= 4 is 17.3 Å². The largest absolute Gasteiger partial charge is 0.366 e. The Labute approximate surface area is 123 Å². The normalized spacial score (nSPS) is 27.5. The molecular formula is C15H19ClF2N2. The molecule has 20 heavy (non-hydrogen) atoms. The highest BCUT2D eigenvalue weighted by molar-refractivity contribution is 6.33. The van der Waals surface area contributed by atoms with Crippen LogP contribution in [-0.4, -0.2) is 25.2 Å². The molecule has 2 aliphatic rings. The van der Waals surface area contributed by atoms with E-state index in [0.29, 0.717) is 18.2 Å². The van der Waals surface area contributed by atoms with Crippen LogP contribution >= 0.6 is 11.6 Å². The molecule has 1 saturated carbocycles. The van der Waals surface area contributed by atoms with Crippen LogP contribution in [0.25, 0.3) is 0 Å². The van der Waals surface area contributed by atoms with Gasteiger partial charge in [0, 0.05) is 24.7 Å². The van der Waals surface area contributed by atoms with Gasteiger partial charge in [-0.3, -0.25) is 0 Å². The standard InChI is InChI=1S/C15H19ClF2N2/c1-15(10-3-4-10)9-20(6-2-5-19-15)14-12(16)7-11(17)8-13(14)18/h7-8,10,19H,2-6,9H2,1H3. The molecule has 5 heteroatoms. The van der Waals surface area contributed by atoms with Gasteiger partial charge in [0.15, 0.2) is 5.82 Å². The van der Waals surface area contributed by atoms with Crippen molar-refractivity contribution in [3.8, 4) is 0 Å². The molecule has 110 valence electrons. The minimum absolute atomic E-state index is 0.0132. The Hall–Kier alpha value is -0.870. The highest BCUT2D eigenvalue weighted by Crippen LogP contribution is 2.42. The average Bonchev–Trinajstić information content (AvgIpc) is 3.15. The molecule has 0 bridgehead atoms. The van der Waals surface area contributed by atoms with Crippen LogP contribution in [0.3, 0.4) is 0 Å².